The lowest BCUT2D eigenvalue weighted by Gasteiger charge is -2.16. The van der Waals surface area contributed by atoms with E-state index in [0.717, 1.165) is 24.3 Å². The average molecular weight is 485 g/mol. The second kappa shape index (κ2) is 10.3. The third-order valence-electron chi connectivity index (χ3n) is 4.70. The number of carbonyl (C=O) groups excluding carboxylic acids is 3. The molecule has 1 unspecified atom stereocenters. The number of anilines is 2. The Morgan fingerprint density at radius 2 is 1.62 bits per heavy atom. The SMILES string of the molecule is CC(=O)c1cccc(NC(=O)C(C)OC(=O)c2ccccc2NS(=O)(=O)c2ccc(F)cc2)c1. The number of benzene rings is 3. The predicted octanol–water partition coefficient (Wildman–Crippen LogP) is 4.01. The van der Waals surface area contributed by atoms with E-state index < -0.39 is 33.8 Å². The molecule has 34 heavy (non-hydrogen) atoms. The molecule has 0 radical (unpaired) electrons. The summed E-state index contributed by atoms with van der Waals surface area (Å²) in [6.45, 7) is 2.75. The van der Waals surface area contributed by atoms with E-state index in [-0.39, 0.29) is 21.9 Å². The number of para-hydroxylation sites is 1. The second-order valence-corrected chi connectivity index (χ2v) is 8.96. The molecule has 0 aromatic heterocycles. The fourth-order valence-corrected chi connectivity index (χ4v) is 3.98. The molecule has 2 N–H and O–H groups in total. The number of rotatable bonds is 8. The quantitative estimate of drug-likeness (QED) is 0.368. The minimum absolute atomic E-state index is 0.0707. The van der Waals surface area contributed by atoms with Gasteiger partial charge in [0.1, 0.15) is 5.82 Å². The van der Waals surface area contributed by atoms with Crippen LogP contribution < -0.4 is 10.0 Å². The first kappa shape index (κ1) is 24.6. The van der Waals surface area contributed by atoms with Crippen molar-refractivity contribution in [2.24, 2.45) is 0 Å². The molecule has 0 heterocycles. The minimum atomic E-state index is -4.11. The fourth-order valence-electron chi connectivity index (χ4n) is 2.90. The van der Waals surface area contributed by atoms with E-state index in [1.807, 2.05) is 0 Å². The van der Waals surface area contributed by atoms with Crippen LogP contribution in [-0.2, 0) is 19.6 Å². The summed E-state index contributed by atoms with van der Waals surface area (Å²) in [4.78, 5) is 36.5. The highest BCUT2D eigenvalue weighted by atomic mass is 32.2. The predicted molar refractivity (Wildman–Crippen MR) is 124 cm³/mol. The zero-order chi connectivity index (χ0) is 24.9. The van der Waals surface area contributed by atoms with Crippen molar-refractivity contribution in [2.45, 2.75) is 24.8 Å². The molecule has 0 fully saturated rings. The maximum absolute atomic E-state index is 13.1. The summed E-state index contributed by atoms with van der Waals surface area (Å²) in [5.74, 6) is -2.34. The lowest BCUT2D eigenvalue weighted by atomic mass is 10.1. The van der Waals surface area contributed by atoms with Crippen molar-refractivity contribution < 1.29 is 31.9 Å². The fraction of sp³-hybridized carbons (Fsp3) is 0.125. The van der Waals surface area contributed by atoms with Crippen molar-refractivity contribution in [1.29, 1.82) is 0 Å². The summed E-state index contributed by atoms with van der Waals surface area (Å²) < 4.78 is 45.9. The van der Waals surface area contributed by atoms with Crippen molar-refractivity contribution in [2.75, 3.05) is 10.0 Å². The summed E-state index contributed by atoms with van der Waals surface area (Å²) in [7, 11) is -4.11. The summed E-state index contributed by atoms with van der Waals surface area (Å²) in [5, 5.41) is 2.56. The van der Waals surface area contributed by atoms with Gasteiger partial charge in [-0.1, -0.05) is 24.3 Å². The Labute approximate surface area is 195 Å². The van der Waals surface area contributed by atoms with Crippen molar-refractivity contribution in [3.8, 4) is 0 Å². The molecule has 0 aliphatic rings. The Morgan fingerprint density at radius 3 is 2.29 bits per heavy atom. The standard InChI is InChI=1S/C24H21FN2O6S/c1-15(28)17-6-5-7-19(14-17)26-23(29)16(2)33-24(30)21-8-3-4-9-22(21)27-34(31,32)20-12-10-18(25)11-13-20/h3-14,16,27H,1-2H3,(H,26,29). The Bertz CT molecular complexity index is 1340. The molecule has 0 saturated heterocycles. The molecule has 3 aromatic rings. The number of halogens is 1. The highest BCUT2D eigenvalue weighted by molar-refractivity contribution is 7.92. The van der Waals surface area contributed by atoms with Gasteiger partial charge in [-0.15, -0.1) is 0 Å². The van der Waals surface area contributed by atoms with Crippen LogP contribution in [0.3, 0.4) is 0 Å². The Kier molecular flexibility index (Phi) is 7.42. The number of ketones is 1. The number of ether oxygens (including phenoxy) is 1. The van der Waals surface area contributed by atoms with E-state index in [0.29, 0.717) is 11.3 Å². The number of nitrogens with one attached hydrogen (secondary N) is 2. The molecular formula is C24H21FN2O6S. The van der Waals surface area contributed by atoms with Gasteiger partial charge in [0.05, 0.1) is 16.1 Å². The van der Waals surface area contributed by atoms with Crippen LogP contribution in [0.4, 0.5) is 15.8 Å². The lowest BCUT2D eigenvalue weighted by molar-refractivity contribution is -0.123. The number of esters is 1. The van der Waals surface area contributed by atoms with Gasteiger partial charge in [0.15, 0.2) is 11.9 Å². The Morgan fingerprint density at radius 1 is 0.941 bits per heavy atom. The molecule has 176 valence electrons. The number of Topliss-reactive ketones (excluding diaryl/α,β-unsaturated/α-hetero) is 1. The maximum Gasteiger partial charge on any atom is 0.341 e. The van der Waals surface area contributed by atoms with Gasteiger partial charge in [-0.3, -0.25) is 14.3 Å². The monoisotopic (exact) mass is 484 g/mol. The van der Waals surface area contributed by atoms with Crippen LogP contribution in [0.1, 0.15) is 34.6 Å². The first-order valence-electron chi connectivity index (χ1n) is 10.1. The number of sulfonamides is 1. The van der Waals surface area contributed by atoms with Crippen molar-refractivity contribution in [3.05, 3.63) is 89.7 Å². The molecule has 3 aromatic carbocycles. The maximum atomic E-state index is 13.1. The van der Waals surface area contributed by atoms with Gasteiger partial charge >= 0.3 is 5.97 Å². The summed E-state index contributed by atoms with van der Waals surface area (Å²) >= 11 is 0. The molecule has 1 amide bonds. The van der Waals surface area contributed by atoms with Crippen molar-refractivity contribution >= 4 is 39.1 Å². The Hall–Kier alpha value is -4.05. The average Bonchev–Trinajstić information content (AvgIpc) is 2.79. The van der Waals surface area contributed by atoms with E-state index in [1.165, 1.54) is 44.2 Å². The van der Waals surface area contributed by atoms with E-state index in [2.05, 4.69) is 10.0 Å². The zero-order valence-corrected chi connectivity index (χ0v) is 19.1. The van der Waals surface area contributed by atoms with Crippen LogP contribution in [0.15, 0.2) is 77.7 Å². The second-order valence-electron chi connectivity index (χ2n) is 7.28. The highest BCUT2D eigenvalue weighted by Crippen LogP contribution is 2.22. The van der Waals surface area contributed by atoms with Crippen molar-refractivity contribution in [1.82, 2.24) is 0 Å². The van der Waals surface area contributed by atoms with Crippen LogP contribution >= 0.6 is 0 Å². The van der Waals surface area contributed by atoms with Gasteiger partial charge in [0.2, 0.25) is 0 Å². The number of carbonyl (C=O) groups is 3. The summed E-state index contributed by atoms with van der Waals surface area (Å²) in [5.41, 5.74) is 0.572. The van der Waals surface area contributed by atoms with Gasteiger partial charge in [0.25, 0.3) is 15.9 Å². The van der Waals surface area contributed by atoms with Crippen LogP contribution in [-0.4, -0.2) is 32.2 Å². The minimum Gasteiger partial charge on any atom is -0.449 e. The largest absolute Gasteiger partial charge is 0.449 e. The molecule has 10 heteroatoms. The molecule has 3 rings (SSSR count). The topological polar surface area (TPSA) is 119 Å². The first-order chi connectivity index (χ1) is 16.1. The summed E-state index contributed by atoms with van der Waals surface area (Å²) in [6, 6.07) is 16.2. The highest BCUT2D eigenvalue weighted by Gasteiger charge is 2.23. The molecule has 8 nitrogen and oxygen atoms in total. The smallest absolute Gasteiger partial charge is 0.341 e. The number of hydrogen-bond donors (Lipinski definition) is 2. The van der Waals surface area contributed by atoms with Gasteiger partial charge in [-0.2, -0.15) is 0 Å². The lowest BCUT2D eigenvalue weighted by Crippen LogP contribution is -2.30. The Balaban J connectivity index is 1.73. The van der Waals surface area contributed by atoms with Gasteiger partial charge in [-0.25, -0.2) is 17.6 Å². The zero-order valence-electron chi connectivity index (χ0n) is 18.2. The summed E-state index contributed by atoms with van der Waals surface area (Å²) in [6.07, 6.45) is -1.23. The third kappa shape index (κ3) is 6.04. The third-order valence-corrected chi connectivity index (χ3v) is 6.09. The molecular weight excluding hydrogens is 463 g/mol. The van der Waals surface area contributed by atoms with Crippen LogP contribution in [0, 0.1) is 5.82 Å². The van der Waals surface area contributed by atoms with E-state index in [4.69, 9.17) is 4.74 Å². The van der Waals surface area contributed by atoms with Gasteiger partial charge in [0, 0.05) is 11.3 Å². The van der Waals surface area contributed by atoms with Gasteiger partial charge < -0.3 is 10.1 Å². The van der Waals surface area contributed by atoms with Crippen LogP contribution in [0.5, 0.6) is 0 Å². The van der Waals surface area contributed by atoms with Crippen LogP contribution in [0.2, 0.25) is 0 Å². The molecule has 0 aliphatic heterocycles. The van der Waals surface area contributed by atoms with E-state index in [1.54, 1.807) is 18.2 Å². The molecule has 0 saturated carbocycles. The first-order valence-corrected chi connectivity index (χ1v) is 11.6. The number of amides is 1. The van der Waals surface area contributed by atoms with Crippen molar-refractivity contribution in [3.63, 3.8) is 0 Å². The van der Waals surface area contributed by atoms with Gasteiger partial charge in [-0.05, 0) is 62.4 Å². The molecule has 0 bridgehead atoms. The molecule has 1 atom stereocenters. The van der Waals surface area contributed by atoms with E-state index >= 15 is 0 Å². The van der Waals surface area contributed by atoms with E-state index in [9.17, 15) is 27.2 Å². The molecule has 0 aliphatic carbocycles. The molecule has 0 spiro atoms. The normalized spacial score (nSPS) is 11.9. The number of hydrogen-bond acceptors (Lipinski definition) is 6. The van der Waals surface area contributed by atoms with Crippen LogP contribution in [0.25, 0.3) is 0 Å².